The molecule has 19 heavy (non-hydrogen) atoms. The maximum atomic E-state index is 5.23. The molecule has 0 aromatic carbocycles. The van der Waals surface area contributed by atoms with E-state index in [2.05, 4.69) is 34.6 Å². The van der Waals surface area contributed by atoms with Gasteiger partial charge >= 0.3 is 0 Å². The molecular weight excluding hydrogens is 359 g/mol. The second-order valence-electron chi connectivity index (χ2n) is 4.22. The molecule has 0 unspecified atom stereocenters. The van der Waals surface area contributed by atoms with Gasteiger partial charge in [-0.15, -0.1) is 24.0 Å². The summed E-state index contributed by atoms with van der Waals surface area (Å²) in [6, 6.07) is 1.96. The number of nitrogens with one attached hydrogen (secondary N) is 2. The minimum atomic E-state index is 0. The van der Waals surface area contributed by atoms with E-state index in [4.69, 9.17) is 9.26 Å². The normalized spacial score (nSPS) is 11.3. The van der Waals surface area contributed by atoms with E-state index in [-0.39, 0.29) is 24.0 Å². The minimum absolute atomic E-state index is 0. The predicted molar refractivity (Wildman–Crippen MR) is 86.1 cm³/mol. The molecule has 110 valence electrons. The first-order valence-corrected chi connectivity index (χ1v) is 6.06. The topological polar surface area (TPSA) is 71.7 Å². The van der Waals surface area contributed by atoms with Gasteiger partial charge in [-0.05, 0) is 5.92 Å². The second kappa shape index (κ2) is 10.0. The molecule has 0 aliphatic rings. The van der Waals surface area contributed by atoms with Gasteiger partial charge < -0.3 is 19.9 Å². The fourth-order valence-electron chi connectivity index (χ4n) is 1.35. The molecule has 0 aliphatic heterocycles. The van der Waals surface area contributed by atoms with Crippen LogP contribution in [0.25, 0.3) is 0 Å². The van der Waals surface area contributed by atoms with Crippen molar-refractivity contribution in [1.29, 1.82) is 0 Å². The minimum Gasteiger partial charge on any atom is -0.383 e. The van der Waals surface area contributed by atoms with Gasteiger partial charge in [-0.1, -0.05) is 19.0 Å². The molecular formula is C12H23IN4O2. The van der Waals surface area contributed by atoms with Crippen LogP contribution in [0.1, 0.15) is 31.2 Å². The average molecular weight is 382 g/mol. The van der Waals surface area contributed by atoms with Crippen molar-refractivity contribution in [2.45, 2.75) is 26.3 Å². The number of halogens is 1. The predicted octanol–water partition coefficient (Wildman–Crippen LogP) is 1.73. The van der Waals surface area contributed by atoms with Crippen LogP contribution >= 0.6 is 24.0 Å². The van der Waals surface area contributed by atoms with E-state index in [0.717, 1.165) is 17.4 Å². The largest absolute Gasteiger partial charge is 0.383 e. The first-order valence-electron chi connectivity index (χ1n) is 6.06. The number of hydrogen-bond donors (Lipinski definition) is 2. The molecule has 1 heterocycles. The molecule has 0 saturated heterocycles. The van der Waals surface area contributed by atoms with Crippen molar-refractivity contribution >= 4 is 29.9 Å². The molecule has 7 heteroatoms. The maximum absolute atomic E-state index is 5.23. The Morgan fingerprint density at radius 3 is 2.74 bits per heavy atom. The first-order chi connectivity index (χ1) is 8.67. The Bertz CT molecular complexity index is 380. The number of guanidine groups is 1. The standard InChI is InChI=1S/C12H22N4O2.HI/c1-9(2)11-7-10(18-16-11)8-15-12(13-3)14-5-6-17-4;/h7,9H,5-6,8H2,1-4H3,(H2,13,14,15);1H. The lowest BCUT2D eigenvalue weighted by atomic mass is 10.1. The number of rotatable bonds is 6. The Hall–Kier alpha value is -0.830. The molecule has 0 fully saturated rings. The van der Waals surface area contributed by atoms with E-state index in [0.29, 0.717) is 25.6 Å². The van der Waals surface area contributed by atoms with E-state index in [1.165, 1.54) is 0 Å². The maximum Gasteiger partial charge on any atom is 0.191 e. The Kier molecular flexibility index (Phi) is 9.58. The molecule has 0 bridgehead atoms. The highest BCUT2D eigenvalue weighted by Gasteiger charge is 2.07. The van der Waals surface area contributed by atoms with Gasteiger partial charge in [0.05, 0.1) is 18.8 Å². The van der Waals surface area contributed by atoms with Gasteiger partial charge in [0.1, 0.15) is 0 Å². The van der Waals surface area contributed by atoms with Gasteiger partial charge in [-0.2, -0.15) is 0 Å². The van der Waals surface area contributed by atoms with E-state index < -0.39 is 0 Å². The molecule has 1 rings (SSSR count). The smallest absolute Gasteiger partial charge is 0.191 e. The fourth-order valence-corrected chi connectivity index (χ4v) is 1.35. The van der Waals surface area contributed by atoms with Gasteiger partial charge in [0.25, 0.3) is 0 Å². The zero-order valence-corrected chi connectivity index (χ0v) is 14.2. The van der Waals surface area contributed by atoms with Crippen LogP contribution in [0, 0.1) is 0 Å². The number of methoxy groups -OCH3 is 1. The molecule has 0 radical (unpaired) electrons. The van der Waals surface area contributed by atoms with Gasteiger partial charge in [0.15, 0.2) is 11.7 Å². The molecule has 2 N–H and O–H groups in total. The highest BCUT2D eigenvalue weighted by Crippen LogP contribution is 2.13. The summed E-state index contributed by atoms with van der Waals surface area (Å²) in [5.41, 5.74) is 0.967. The summed E-state index contributed by atoms with van der Waals surface area (Å²) < 4.78 is 10.2. The third-order valence-corrected chi connectivity index (χ3v) is 2.42. The molecule has 1 aromatic heterocycles. The summed E-state index contributed by atoms with van der Waals surface area (Å²) in [6.07, 6.45) is 0. The fraction of sp³-hybridized carbons (Fsp3) is 0.667. The quantitative estimate of drug-likeness (QED) is 0.339. The van der Waals surface area contributed by atoms with Crippen molar-refractivity contribution in [2.24, 2.45) is 4.99 Å². The second-order valence-corrected chi connectivity index (χ2v) is 4.22. The van der Waals surface area contributed by atoms with E-state index >= 15 is 0 Å². The lowest BCUT2D eigenvalue weighted by Gasteiger charge is -2.09. The number of ether oxygens (including phenoxy) is 1. The lowest BCUT2D eigenvalue weighted by Crippen LogP contribution is -2.38. The third kappa shape index (κ3) is 6.76. The Labute approximate surface area is 131 Å². The summed E-state index contributed by atoms with van der Waals surface area (Å²) in [5, 5.41) is 10.3. The average Bonchev–Trinajstić information content (AvgIpc) is 2.82. The van der Waals surface area contributed by atoms with Crippen molar-refractivity contribution in [3.8, 4) is 0 Å². The Balaban J connectivity index is 0.00000324. The zero-order valence-electron chi connectivity index (χ0n) is 11.9. The van der Waals surface area contributed by atoms with Crippen LogP contribution in [0.3, 0.4) is 0 Å². The van der Waals surface area contributed by atoms with Crippen LogP contribution < -0.4 is 10.6 Å². The first kappa shape index (κ1) is 18.2. The number of hydrogen-bond acceptors (Lipinski definition) is 4. The molecule has 6 nitrogen and oxygen atoms in total. The third-order valence-electron chi connectivity index (χ3n) is 2.42. The van der Waals surface area contributed by atoms with Gasteiger partial charge in [0, 0.05) is 26.8 Å². The summed E-state index contributed by atoms with van der Waals surface area (Å²) in [4.78, 5) is 4.09. The number of aliphatic imine (C=N–C) groups is 1. The van der Waals surface area contributed by atoms with Crippen LogP contribution in [-0.4, -0.2) is 38.4 Å². The van der Waals surface area contributed by atoms with Crippen molar-refractivity contribution in [2.75, 3.05) is 27.3 Å². The zero-order chi connectivity index (χ0) is 13.4. The highest BCUT2D eigenvalue weighted by atomic mass is 127. The summed E-state index contributed by atoms with van der Waals surface area (Å²) in [7, 11) is 3.39. The molecule has 0 amide bonds. The summed E-state index contributed by atoms with van der Waals surface area (Å²) >= 11 is 0. The van der Waals surface area contributed by atoms with Gasteiger partial charge in [0.2, 0.25) is 0 Å². The molecule has 0 aliphatic carbocycles. The van der Waals surface area contributed by atoms with Crippen molar-refractivity contribution in [3.63, 3.8) is 0 Å². The lowest BCUT2D eigenvalue weighted by molar-refractivity contribution is 0.203. The monoisotopic (exact) mass is 382 g/mol. The van der Waals surface area contributed by atoms with Gasteiger partial charge in [-0.25, -0.2) is 0 Å². The highest BCUT2D eigenvalue weighted by molar-refractivity contribution is 14.0. The van der Waals surface area contributed by atoms with Crippen molar-refractivity contribution in [1.82, 2.24) is 15.8 Å². The van der Waals surface area contributed by atoms with Crippen LogP contribution in [0.4, 0.5) is 0 Å². The van der Waals surface area contributed by atoms with Crippen LogP contribution in [0.15, 0.2) is 15.6 Å². The van der Waals surface area contributed by atoms with E-state index in [9.17, 15) is 0 Å². The SMILES string of the molecule is CN=C(NCCOC)NCc1cc(C(C)C)no1.I. The van der Waals surface area contributed by atoms with Gasteiger partial charge in [-0.3, -0.25) is 4.99 Å². The molecule has 0 spiro atoms. The molecule has 1 aromatic rings. The summed E-state index contributed by atoms with van der Waals surface area (Å²) in [5.74, 6) is 1.89. The molecule has 0 atom stereocenters. The van der Waals surface area contributed by atoms with Crippen LogP contribution in [0.5, 0.6) is 0 Å². The Morgan fingerprint density at radius 1 is 1.47 bits per heavy atom. The summed E-state index contributed by atoms with van der Waals surface area (Å²) in [6.45, 7) is 6.08. The van der Waals surface area contributed by atoms with Crippen LogP contribution in [0.2, 0.25) is 0 Å². The number of nitrogens with zero attached hydrogens (tertiary/aromatic N) is 2. The van der Waals surface area contributed by atoms with Crippen LogP contribution in [-0.2, 0) is 11.3 Å². The number of aromatic nitrogens is 1. The van der Waals surface area contributed by atoms with E-state index in [1.807, 2.05) is 6.07 Å². The Morgan fingerprint density at radius 2 is 2.21 bits per heavy atom. The van der Waals surface area contributed by atoms with Crippen molar-refractivity contribution in [3.05, 3.63) is 17.5 Å². The van der Waals surface area contributed by atoms with E-state index in [1.54, 1.807) is 14.2 Å². The van der Waals surface area contributed by atoms with Crippen molar-refractivity contribution < 1.29 is 9.26 Å². The molecule has 0 saturated carbocycles.